The van der Waals surface area contributed by atoms with E-state index < -0.39 is 5.97 Å². The van der Waals surface area contributed by atoms with Crippen molar-refractivity contribution >= 4 is 52.6 Å². The van der Waals surface area contributed by atoms with Crippen molar-refractivity contribution in [3.05, 3.63) is 155 Å². The molecule has 0 spiro atoms. The van der Waals surface area contributed by atoms with Gasteiger partial charge in [0, 0.05) is 35.0 Å². The first-order chi connectivity index (χ1) is 21.6. The molecule has 1 aliphatic rings. The van der Waals surface area contributed by atoms with Crippen LogP contribution in [0, 0.1) is 11.3 Å². The Morgan fingerprint density at radius 3 is 1.84 bits per heavy atom. The van der Waals surface area contributed by atoms with Gasteiger partial charge < -0.3 is 14.9 Å². The van der Waals surface area contributed by atoms with Gasteiger partial charge in [0.15, 0.2) is 0 Å². The first kappa shape index (κ1) is 28.3. The smallest absolute Gasteiger partial charge is 0.346 e. The van der Waals surface area contributed by atoms with Crippen LogP contribution in [0.4, 0.5) is 28.4 Å². The fraction of sp³-hybridized carbons (Fsp3) is 0.0769. The van der Waals surface area contributed by atoms with Crippen LogP contribution in [0.5, 0.6) is 0 Å². The maximum Gasteiger partial charge on any atom is 0.346 e. The number of hydrogen-bond acceptors (Lipinski definition) is 4. The van der Waals surface area contributed by atoms with E-state index in [4.69, 9.17) is 5.26 Å². The number of hydrogen-bond donors (Lipinski definition) is 1. The summed E-state index contributed by atoms with van der Waals surface area (Å²) in [6, 6.07) is 45.5. The molecule has 0 fully saturated rings. The number of carbonyl (C=O) groups is 1. The molecule has 5 heteroatoms. The molecule has 6 rings (SSSR count). The fourth-order valence-corrected chi connectivity index (χ4v) is 5.58. The lowest BCUT2D eigenvalue weighted by Gasteiger charge is -2.31. The maximum absolute atomic E-state index is 11.2. The van der Waals surface area contributed by atoms with Gasteiger partial charge >= 0.3 is 5.97 Å². The van der Waals surface area contributed by atoms with E-state index in [0.29, 0.717) is 0 Å². The number of para-hydroxylation sites is 2. The Morgan fingerprint density at radius 2 is 1.27 bits per heavy atom. The second-order valence-electron chi connectivity index (χ2n) is 10.6. The highest BCUT2D eigenvalue weighted by atomic mass is 16.4. The summed E-state index contributed by atoms with van der Waals surface area (Å²) in [7, 11) is 0. The van der Waals surface area contributed by atoms with Crippen molar-refractivity contribution in [2.75, 3.05) is 16.3 Å². The average Bonchev–Trinajstić information content (AvgIpc) is 3.07. The molecule has 0 aromatic heterocycles. The van der Waals surface area contributed by atoms with Gasteiger partial charge in [0.25, 0.3) is 0 Å². The number of benzene rings is 5. The summed E-state index contributed by atoms with van der Waals surface area (Å²) in [5.74, 6) is -1.21. The van der Waals surface area contributed by atoms with Crippen LogP contribution in [-0.4, -0.2) is 17.6 Å². The van der Waals surface area contributed by atoms with Crippen LogP contribution in [0.15, 0.2) is 133 Å². The van der Waals surface area contributed by atoms with Crippen LogP contribution >= 0.6 is 0 Å². The molecular formula is C39H31N3O2. The number of rotatable bonds is 8. The SMILES string of the molecule is N#C/C(=C\c1ccc2c(c1)CCCN2c1ccc(C=Cc2ccc(N(c3ccccc3)c3ccccc3)cc2)cc1)C(=O)O. The van der Waals surface area contributed by atoms with Gasteiger partial charge in [0.2, 0.25) is 0 Å². The summed E-state index contributed by atoms with van der Waals surface area (Å²) in [5, 5.41) is 18.3. The molecule has 1 N–H and O–H groups in total. The van der Waals surface area contributed by atoms with Gasteiger partial charge in [-0.1, -0.05) is 78.9 Å². The zero-order chi connectivity index (χ0) is 30.3. The van der Waals surface area contributed by atoms with Gasteiger partial charge in [-0.25, -0.2) is 4.79 Å². The van der Waals surface area contributed by atoms with E-state index in [9.17, 15) is 9.90 Å². The van der Waals surface area contributed by atoms with Crippen molar-refractivity contribution in [1.82, 2.24) is 0 Å². The highest BCUT2D eigenvalue weighted by Gasteiger charge is 2.19. The molecule has 0 aliphatic carbocycles. The normalized spacial score (nSPS) is 12.9. The quantitative estimate of drug-likeness (QED) is 0.114. The molecule has 0 bridgehead atoms. The van der Waals surface area contributed by atoms with E-state index in [1.54, 1.807) is 6.07 Å². The molecule has 5 aromatic carbocycles. The van der Waals surface area contributed by atoms with E-state index >= 15 is 0 Å². The molecule has 0 saturated carbocycles. The average molecular weight is 574 g/mol. The standard InChI is InChI=1S/C39H31N3O2/c40-28-33(39(43)44)27-31-19-24-38-32(26-31)8-7-25-41(38)34-20-15-29(16-21-34)13-14-30-17-22-37(23-18-30)42(35-9-3-1-4-10-35)36-11-5-2-6-12-36/h1-6,9-24,26-27H,7-8,25H2,(H,43,44)/b14-13?,33-27+. The van der Waals surface area contributed by atoms with Gasteiger partial charge in [-0.2, -0.15) is 5.26 Å². The van der Waals surface area contributed by atoms with E-state index in [-0.39, 0.29) is 5.57 Å². The number of carboxylic acids is 1. The van der Waals surface area contributed by atoms with Crippen molar-refractivity contribution in [1.29, 1.82) is 5.26 Å². The number of fused-ring (bicyclic) bond motifs is 1. The topological polar surface area (TPSA) is 67.6 Å². The number of nitriles is 1. The summed E-state index contributed by atoms with van der Waals surface area (Å²) in [4.78, 5) is 15.8. The van der Waals surface area contributed by atoms with E-state index in [2.05, 4.69) is 119 Å². The summed E-state index contributed by atoms with van der Waals surface area (Å²) in [6.45, 7) is 0.908. The molecule has 0 radical (unpaired) electrons. The van der Waals surface area contributed by atoms with Crippen LogP contribution in [-0.2, 0) is 11.2 Å². The van der Waals surface area contributed by atoms with E-state index in [0.717, 1.165) is 70.1 Å². The second-order valence-corrected chi connectivity index (χ2v) is 10.6. The molecule has 0 unspecified atom stereocenters. The Morgan fingerprint density at radius 1 is 0.727 bits per heavy atom. The van der Waals surface area contributed by atoms with Crippen LogP contribution in [0.1, 0.15) is 28.7 Å². The number of aliphatic carboxylic acids is 1. The Kier molecular flexibility index (Phi) is 8.34. The minimum atomic E-state index is -1.21. The third kappa shape index (κ3) is 6.30. The van der Waals surface area contributed by atoms with Gasteiger partial charge in [-0.05, 0) is 102 Å². The lowest BCUT2D eigenvalue weighted by atomic mass is 9.97. The molecule has 1 heterocycles. The number of nitrogens with zero attached hydrogens (tertiary/aromatic N) is 3. The number of anilines is 5. The lowest BCUT2D eigenvalue weighted by Crippen LogP contribution is -2.24. The summed E-state index contributed by atoms with van der Waals surface area (Å²) < 4.78 is 0. The molecule has 0 saturated heterocycles. The molecular weight excluding hydrogens is 542 g/mol. The zero-order valence-electron chi connectivity index (χ0n) is 24.2. The third-order valence-electron chi connectivity index (χ3n) is 7.74. The van der Waals surface area contributed by atoms with E-state index in [1.807, 2.05) is 30.3 Å². The van der Waals surface area contributed by atoms with Crippen molar-refractivity contribution in [2.45, 2.75) is 12.8 Å². The van der Waals surface area contributed by atoms with Crippen LogP contribution in [0.3, 0.4) is 0 Å². The third-order valence-corrected chi connectivity index (χ3v) is 7.74. The summed E-state index contributed by atoms with van der Waals surface area (Å²) >= 11 is 0. The molecule has 44 heavy (non-hydrogen) atoms. The zero-order valence-corrected chi connectivity index (χ0v) is 24.2. The maximum atomic E-state index is 11.2. The van der Waals surface area contributed by atoms with Crippen molar-refractivity contribution in [3.8, 4) is 6.07 Å². The van der Waals surface area contributed by atoms with Gasteiger partial charge in [0.1, 0.15) is 11.6 Å². The van der Waals surface area contributed by atoms with Crippen molar-refractivity contribution < 1.29 is 9.90 Å². The molecule has 5 nitrogen and oxygen atoms in total. The fourth-order valence-electron chi connectivity index (χ4n) is 5.58. The first-order valence-electron chi connectivity index (χ1n) is 14.6. The monoisotopic (exact) mass is 573 g/mol. The summed E-state index contributed by atoms with van der Waals surface area (Å²) in [5.41, 5.74) is 9.40. The Balaban J connectivity index is 1.17. The highest BCUT2D eigenvalue weighted by Crippen LogP contribution is 2.36. The Labute approximate surface area is 257 Å². The number of aryl methyl sites for hydroxylation is 1. The molecule has 1 aliphatic heterocycles. The molecule has 214 valence electrons. The van der Waals surface area contributed by atoms with Gasteiger partial charge in [-0.3, -0.25) is 0 Å². The Hall–Kier alpha value is -5.86. The van der Waals surface area contributed by atoms with Crippen LogP contribution in [0.2, 0.25) is 0 Å². The molecule has 0 amide bonds. The van der Waals surface area contributed by atoms with Crippen molar-refractivity contribution in [2.24, 2.45) is 0 Å². The van der Waals surface area contributed by atoms with Gasteiger partial charge in [-0.15, -0.1) is 0 Å². The molecule has 0 atom stereocenters. The van der Waals surface area contributed by atoms with Crippen molar-refractivity contribution in [3.63, 3.8) is 0 Å². The second kappa shape index (κ2) is 13.0. The lowest BCUT2D eigenvalue weighted by molar-refractivity contribution is -0.132. The summed E-state index contributed by atoms with van der Waals surface area (Å²) in [6.07, 6.45) is 7.60. The number of carboxylic acid groups (broad SMARTS) is 1. The first-order valence-corrected chi connectivity index (χ1v) is 14.6. The van der Waals surface area contributed by atoms with Crippen LogP contribution in [0.25, 0.3) is 18.2 Å². The molecule has 5 aromatic rings. The predicted molar refractivity (Wildman–Crippen MR) is 179 cm³/mol. The minimum absolute atomic E-state index is 0.265. The van der Waals surface area contributed by atoms with Gasteiger partial charge in [0.05, 0.1) is 0 Å². The van der Waals surface area contributed by atoms with E-state index in [1.165, 1.54) is 6.08 Å². The Bertz CT molecular complexity index is 1810. The minimum Gasteiger partial charge on any atom is -0.477 e. The largest absolute Gasteiger partial charge is 0.477 e. The highest BCUT2D eigenvalue weighted by molar-refractivity contribution is 5.96. The van der Waals surface area contributed by atoms with Crippen LogP contribution < -0.4 is 9.80 Å². The predicted octanol–water partition coefficient (Wildman–Crippen LogP) is 9.40.